The highest BCUT2D eigenvalue weighted by Gasteiger charge is 2.19. The van der Waals surface area contributed by atoms with Gasteiger partial charge in [-0.15, -0.1) is 0 Å². The maximum atomic E-state index is 4.67. The Hall–Kier alpha value is -3.05. The molecule has 1 unspecified atom stereocenters. The Morgan fingerprint density at radius 1 is 0.739 bits per heavy atom. The van der Waals surface area contributed by atoms with Crippen molar-refractivity contribution in [3.8, 4) is 11.4 Å². The average molecular weight is 301 g/mol. The van der Waals surface area contributed by atoms with Crippen LogP contribution in [-0.2, 0) is 0 Å². The topological polar surface area (TPSA) is 62.2 Å². The summed E-state index contributed by atoms with van der Waals surface area (Å²) in [5.74, 6) is 0.733. The average Bonchev–Trinajstić information content (AvgIpc) is 3.14. The summed E-state index contributed by atoms with van der Waals surface area (Å²) in [7, 11) is 0. The standard InChI is InChI=1S/C18H15N5/c1-2-7-13(8-3-1)17-21-18(23-22-17)16-11-6-10-15(20-16)14-9-4-5-12-19-14/h1-12,17,22H,(H,21,23). The fourth-order valence-corrected chi connectivity index (χ4v) is 2.48. The quantitative estimate of drug-likeness (QED) is 0.781. The number of nitrogens with zero attached hydrogens (tertiary/aromatic N) is 3. The summed E-state index contributed by atoms with van der Waals surface area (Å²) in [5, 5.41) is 0. The Morgan fingerprint density at radius 3 is 2.35 bits per heavy atom. The monoisotopic (exact) mass is 301 g/mol. The minimum Gasteiger partial charge on any atom is -0.302 e. The molecule has 0 saturated carbocycles. The molecule has 4 rings (SSSR count). The molecule has 0 fully saturated rings. The van der Waals surface area contributed by atoms with Gasteiger partial charge < -0.3 is 5.43 Å². The van der Waals surface area contributed by atoms with E-state index in [0.717, 1.165) is 28.5 Å². The highest BCUT2D eigenvalue weighted by molar-refractivity contribution is 5.98. The molecular weight excluding hydrogens is 286 g/mol. The van der Waals surface area contributed by atoms with Crippen LogP contribution in [0.2, 0.25) is 0 Å². The van der Waals surface area contributed by atoms with E-state index in [1.807, 2.05) is 66.7 Å². The largest absolute Gasteiger partial charge is 0.302 e. The number of nitrogens with one attached hydrogen (secondary N) is 2. The molecule has 5 heteroatoms. The van der Waals surface area contributed by atoms with Crippen LogP contribution in [0.4, 0.5) is 0 Å². The molecule has 2 N–H and O–H groups in total. The van der Waals surface area contributed by atoms with Gasteiger partial charge in [-0.25, -0.2) is 15.4 Å². The zero-order valence-corrected chi connectivity index (χ0v) is 12.3. The highest BCUT2D eigenvalue weighted by Crippen LogP contribution is 2.19. The van der Waals surface area contributed by atoms with E-state index in [0.29, 0.717) is 0 Å². The van der Waals surface area contributed by atoms with E-state index in [2.05, 4.69) is 25.8 Å². The summed E-state index contributed by atoms with van der Waals surface area (Å²) in [6.07, 6.45) is 1.66. The van der Waals surface area contributed by atoms with Gasteiger partial charge >= 0.3 is 0 Å². The second-order valence-corrected chi connectivity index (χ2v) is 5.18. The third-order valence-electron chi connectivity index (χ3n) is 3.62. The molecule has 1 aliphatic rings. The Morgan fingerprint density at radius 2 is 1.52 bits per heavy atom. The summed E-state index contributed by atoms with van der Waals surface area (Å²) < 4.78 is 0. The first-order valence-electron chi connectivity index (χ1n) is 7.43. The second kappa shape index (κ2) is 5.98. The van der Waals surface area contributed by atoms with Crippen molar-refractivity contribution >= 4 is 5.84 Å². The first-order chi connectivity index (χ1) is 11.4. The van der Waals surface area contributed by atoms with Crippen molar-refractivity contribution in [1.82, 2.24) is 20.8 Å². The van der Waals surface area contributed by atoms with E-state index in [1.165, 1.54) is 0 Å². The molecule has 0 saturated heterocycles. The predicted octanol–water partition coefficient (Wildman–Crippen LogP) is 2.70. The fourth-order valence-electron chi connectivity index (χ4n) is 2.48. The van der Waals surface area contributed by atoms with Crippen LogP contribution in [0.5, 0.6) is 0 Å². The lowest BCUT2D eigenvalue weighted by Crippen LogP contribution is -2.32. The van der Waals surface area contributed by atoms with Crippen LogP contribution in [0.15, 0.2) is 77.9 Å². The molecule has 1 aromatic carbocycles. The number of hydrogen-bond acceptors (Lipinski definition) is 5. The molecule has 0 aliphatic carbocycles. The van der Waals surface area contributed by atoms with Crippen molar-refractivity contribution in [3.63, 3.8) is 0 Å². The molecule has 2 aromatic heterocycles. The van der Waals surface area contributed by atoms with Gasteiger partial charge in [0.25, 0.3) is 0 Å². The zero-order valence-electron chi connectivity index (χ0n) is 12.3. The summed E-state index contributed by atoms with van der Waals surface area (Å²) in [4.78, 5) is 13.7. The summed E-state index contributed by atoms with van der Waals surface area (Å²) in [6.45, 7) is 0. The van der Waals surface area contributed by atoms with Crippen LogP contribution in [0, 0.1) is 0 Å². The molecule has 0 radical (unpaired) electrons. The number of amidine groups is 1. The molecule has 1 atom stereocenters. The smallest absolute Gasteiger partial charge is 0.163 e. The number of rotatable bonds is 3. The molecule has 3 heterocycles. The normalized spacial score (nSPS) is 16.7. The van der Waals surface area contributed by atoms with E-state index >= 15 is 0 Å². The molecule has 0 spiro atoms. The van der Waals surface area contributed by atoms with Crippen LogP contribution in [0.1, 0.15) is 17.4 Å². The Labute approximate surface area is 134 Å². The van der Waals surface area contributed by atoms with E-state index in [-0.39, 0.29) is 6.17 Å². The van der Waals surface area contributed by atoms with Gasteiger partial charge in [0.05, 0.1) is 11.4 Å². The van der Waals surface area contributed by atoms with Gasteiger partial charge in [0.2, 0.25) is 0 Å². The number of aromatic nitrogens is 2. The molecule has 23 heavy (non-hydrogen) atoms. The van der Waals surface area contributed by atoms with E-state index < -0.39 is 0 Å². The lowest BCUT2D eigenvalue weighted by molar-refractivity contribution is 0.575. The number of hydrogen-bond donors (Lipinski definition) is 2. The maximum Gasteiger partial charge on any atom is 0.163 e. The number of benzene rings is 1. The summed E-state index contributed by atoms with van der Waals surface area (Å²) in [6, 6.07) is 21.7. The summed E-state index contributed by atoms with van der Waals surface area (Å²) >= 11 is 0. The van der Waals surface area contributed by atoms with Gasteiger partial charge in [0.1, 0.15) is 11.9 Å². The van der Waals surface area contributed by atoms with Crippen LogP contribution in [0.25, 0.3) is 11.4 Å². The Bertz CT molecular complexity index is 830. The van der Waals surface area contributed by atoms with Crippen molar-refractivity contribution in [2.24, 2.45) is 4.99 Å². The third kappa shape index (κ3) is 2.82. The lowest BCUT2D eigenvalue weighted by atomic mass is 10.2. The first-order valence-corrected chi connectivity index (χ1v) is 7.43. The van der Waals surface area contributed by atoms with Crippen molar-refractivity contribution in [1.29, 1.82) is 0 Å². The highest BCUT2D eigenvalue weighted by atomic mass is 15.5. The predicted molar refractivity (Wildman–Crippen MR) is 89.5 cm³/mol. The first kappa shape index (κ1) is 13.6. The van der Waals surface area contributed by atoms with Gasteiger partial charge in [0.15, 0.2) is 5.84 Å². The van der Waals surface area contributed by atoms with Gasteiger partial charge in [-0.3, -0.25) is 4.98 Å². The van der Waals surface area contributed by atoms with Gasteiger partial charge in [-0.2, -0.15) is 0 Å². The molecule has 112 valence electrons. The fraction of sp³-hybridized carbons (Fsp3) is 0.0556. The SMILES string of the molecule is c1ccc(C2N=C(c3cccc(-c4ccccn4)n3)NN2)cc1. The van der Waals surface area contributed by atoms with Gasteiger partial charge in [0, 0.05) is 6.20 Å². The second-order valence-electron chi connectivity index (χ2n) is 5.18. The molecule has 3 aromatic rings. The number of hydrazine groups is 1. The van der Waals surface area contributed by atoms with Crippen molar-refractivity contribution in [3.05, 3.63) is 84.2 Å². The molecular formula is C18H15N5. The Kier molecular flexibility index (Phi) is 3.54. The summed E-state index contributed by atoms with van der Waals surface area (Å²) in [5.41, 5.74) is 9.86. The van der Waals surface area contributed by atoms with Crippen molar-refractivity contribution < 1.29 is 0 Å². The minimum atomic E-state index is -0.105. The van der Waals surface area contributed by atoms with Crippen LogP contribution < -0.4 is 10.9 Å². The van der Waals surface area contributed by atoms with E-state index in [1.54, 1.807) is 6.20 Å². The lowest BCUT2D eigenvalue weighted by Gasteiger charge is -2.06. The molecule has 0 bridgehead atoms. The Balaban J connectivity index is 1.64. The number of aliphatic imine (C=N–C) groups is 1. The van der Waals surface area contributed by atoms with Crippen LogP contribution in [0.3, 0.4) is 0 Å². The third-order valence-corrected chi connectivity index (χ3v) is 3.62. The van der Waals surface area contributed by atoms with Crippen LogP contribution in [-0.4, -0.2) is 15.8 Å². The minimum absolute atomic E-state index is 0.105. The molecule has 5 nitrogen and oxygen atoms in total. The van der Waals surface area contributed by atoms with E-state index in [4.69, 9.17) is 0 Å². The van der Waals surface area contributed by atoms with Crippen molar-refractivity contribution in [2.75, 3.05) is 0 Å². The zero-order chi connectivity index (χ0) is 15.5. The number of pyridine rings is 2. The van der Waals surface area contributed by atoms with Crippen molar-refractivity contribution in [2.45, 2.75) is 6.17 Å². The van der Waals surface area contributed by atoms with Crippen LogP contribution >= 0.6 is 0 Å². The van der Waals surface area contributed by atoms with Gasteiger partial charge in [-0.1, -0.05) is 42.5 Å². The molecule has 0 amide bonds. The van der Waals surface area contributed by atoms with E-state index in [9.17, 15) is 0 Å². The van der Waals surface area contributed by atoms with Gasteiger partial charge in [-0.05, 0) is 29.8 Å². The maximum absolute atomic E-state index is 4.67. The molecule has 1 aliphatic heterocycles.